The Hall–Kier alpha value is -1.70. The first kappa shape index (κ1) is 16.8. The first-order valence-corrected chi connectivity index (χ1v) is 10.3. The lowest BCUT2D eigenvalue weighted by Gasteiger charge is -2.13. The summed E-state index contributed by atoms with van der Waals surface area (Å²) in [7, 11) is 0. The van der Waals surface area contributed by atoms with Gasteiger partial charge in [0.25, 0.3) is 0 Å². The molecule has 2 aromatic rings. The number of aromatic amines is 1. The maximum Gasteiger partial charge on any atom is 0.160 e. The number of H-pyrrole nitrogens is 1. The molecule has 2 aromatic heterocycles. The predicted molar refractivity (Wildman–Crippen MR) is 106 cm³/mol. The maximum atomic E-state index is 5.96. The van der Waals surface area contributed by atoms with Crippen molar-refractivity contribution in [3.05, 3.63) is 46.0 Å². The van der Waals surface area contributed by atoms with E-state index >= 15 is 0 Å². The van der Waals surface area contributed by atoms with Crippen LogP contribution >= 0.6 is 35.1 Å². The smallest absolute Gasteiger partial charge is 0.160 e. The van der Waals surface area contributed by atoms with Gasteiger partial charge in [0.05, 0.1) is 17.3 Å². The van der Waals surface area contributed by atoms with Crippen LogP contribution < -0.4 is 16.0 Å². The van der Waals surface area contributed by atoms with Gasteiger partial charge in [-0.15, -0.1) is 0 Å². The minimum absolute atomic E-state index is 0.639. The number of pyridine rings is 1. The van der Waals surface area contributed by atoms with Gasteiger partial charge in [0.2, 0.25) is 0 Å². The topological polar surface area (TPSA) is 65.4 Å². The molecular formula is C17H16ClN5S2. The Balaban J connectivity index is 1.76. The predicted octanol–water partition coefficient (Wildman–Crippen LogP) is 2.68. The number of aliphatic imine (C=N–C) groups is 1. The Morgan fingerprint density at radius 2 is 2.16 bits per heavy atom. The lowest BCUT2D eigenvalue weighted by molar-refractivity contribution is 0.931. The molecule has 0 fully saturated rings. The Labute approximate surface area is 158 Å². The number of amidine groups is 1. The molecule has 0 aromatic carbocycles. The summed E-state index contributed by atoms with van der Waals surface area (Å²) in [5, 5.41) is 6.88. The van der Waals surface area contributed by atoms with Gasteiger partial charge in [-0.1, -0.05) is 41.2 Å². The highest BCUT2D eigenvalue weighted by Gasteiger charge is 2.18. The third-order valence-corrected chi connectivity index (χ3v) is 5.84. The number of thioether (sulfide) groups is 1. The van der Waals surface area contributed by atoms with Crippen LogP contribution in [0.4, 0.5) is 0 Å². The average molecular weight is 390 g/mol. The van der Waals surface area contributed by atoms with Crippen LogP contribution in [-0.4, -0.2) is 34.5 Å². The van der Waals surface area contributed by atoms with Crippen LogP contribution in [0.5, 0.6) is 0 Å². The van der Waals surface area contributed by atoms with Crippen LogP contribution in [-0.2, 0) is 0 Å². The van der Waals surface area contributed by atoms with Crippen LogP contribution in [0, 0.1) is 0 Å². The minimum Gasteiger partial charge on any atom is -0.341 e. The molecule has 0 spiro atoms. The first-order valence-electron chi connectivity index (χ1n) is 7.85. The second-order valence-corrected chi connectivity index (χ2v) is 7.78. The van der Waals surface area contributed by atoms with E-state index < -0.39 is 0 Å². The summed E-state index contributed by atoms with van der Waals surface area (Å²) in [5.41, 5.74) is 3.12. The van der Waals surface area contributed by atoms with Crippen LogP contribution in [0.2, 0.25) is 5.02 Å². The van der Waals surface area contributed by atoms with Gasteiger partial charge in [0, 0.05) is 34.6 Å². The fraction of sp³-hybridized carbons (Fsp3) is 0.235. The molecule has 4 rings (SSSR count). The molecule has 128 valence electrons. The Kier molecular flexibility index (Phi) is 4.87. The molecule has 0 saturated carbocycles. The number of fused-ring (bicyclic) bond motifs is 1. The second-order valence-electron chi connectivity index (χ2n) is 5.52. The van der Waals surface area contributed by atoms with Crippen molar-refractivity contribution in [2.24, 2.45) is 9.98 Å². The van der Waals surface area contributed by atoms with Crippen LogP contribution in [0.3, 0.4) is 0 Å². The molecule has 8 heteroatoms. The van der Waals surface area contributed by atoms with E-state index in [1.165, 1.54) is 0 Å². The van der Waals surface area contributed by atoms with Gasteiger partial charge in [-0.25, -0.2) is 4.98 Å². The van der Waals surface area contributed by atoms with Crippen LogP contribution in [0.25, 0.3) is 11.6 Å². The number of nitrogens with zero attached hydrogens (tertiary/aromatic N) is 3. The van der Waals surface area contributed by atoms with E-state index in [1.54, 1.807) is 29.7 Å². The lowest BCUT2D eigenvalue weighted by Crippen LogP contribution is -2.27. The van der Waals surface area contributed by atoms with Crippen molar-refractivity contribution in [3.63, 3.8) is 0 Å². The van der Waals surface area contributed by atoms with Crippen molar-refractivity contribution in [3.8, 4) is 0 Å². The summed E-state index contributed by atoms with van der Waals surface area (Å²) in [6.45, 7) is 1.46. The zero-order valence-electron chi connectivity index (χ0n) is 13.5. The van der Waals surface area contributed by atoms with E-state index in [0.29, 0.717) is 11.6 Å². The second kappa shape index (κ2) is 7.27. The van der Waals surface area contributed by atoms with Crippen molar-refractivity contribution in [2.45, 2.75) is 16.3 Å². The van der Waals surface area contributed by atoms with Gasteiger partial charge >= 0.3 is 0 Å². The number of hydrogen-bond donors (Lipinski definition) is 2. The monoisotopic (exact) mass is 389 g/mol. The summed E-state index contributed by atoms with van der Waals surface area (Å²) in [6.07, 6.45) is 8.91. The van der Waals surface area contributed by atoms with E-state index in [0.717, 1.165) is 50.0 Å². The Morgan fingerprint density at radius 1 is 1.24 bits per heavy atom. The summed E-state index contributed by atoms with van der Waals surface area (Å²) in [6, 6.07) is 3.80. The molecule has 0 saturated heterocycles. The SMILES string of the molecule is CSC1=NCC(c2[nH]c3c(c2Sc2ccc(Cl)cn2)=CCCN=3)=CN1. The van der Waals surface area contributed by atoms with E-state index in [9.17, 15) is 0 Å². The highest BCUT2D eigenvalue weighted by atomic mass is 35.5. The molecule has 2 aliphatic rings. The van der Waals surface area contributed by atoms with Gasteiger partial charge in [-0.2, -0.15) is 0 Å². The van der Waals surface area contributed by atoms with Crippen molar-refractivity contribution in [1.29, 1.82) is 0 Å². The highest BCUT2D eigenvalue weighted by Crippen LogP contribution is 2.30. The van der Waals surface area contributed by atoms with Gasteiger partial charge in [0.1, 0.15) is 10.5 Å². The van der Waals surface area contributed by atoms with Crippen LogP contribution in [0.15, 0.2) is 44.4 Å². The molecule has 0 atom stereocenters. The summed E-state index contributed by atoms with van der Waals surface area (Å²) < 4.78 is 0. The van der Waals surface area contributed by atoms with Crippen LogP contribution in [0.1, 0.15) is 12.1 Å². The first-order chi connectivity index (χ1) is 12.2. The van der Waals surface area contributed by atoms with Gasteiger partial charge < -0.3 is 10.3 Å². The number of halogens is 1. The van der Waals surface area contributed by atoms with Crippen molar-refractivity contribution in [2.75, 3.05) is 19.3 Å². The molecule has 5 nitrogen and oxygen atoms in total. The average Bonchev–Trinajstić information content (AvgIpc) is 3.02. The zero-order valence-corrected chi connectivity index (χ0v) is 15.9. The lowest BCUT2D eigenvalue weighted by atomic mass is 10.2. The Morgan fingerprint density at radius 3 is 2.88 bits per heavy atom. The molecule has 0 unspecified atom stereocenters. The van der Waals surface area contributed by atoms with Crippen molar-refractivity contribution < 1.29 is 0 Å². The standard InChI is InChI=1S/C17H16ClN5S2/c1-24-17-21-7-10(8-22-17)14-15(12-3-2-6-19-16(12)23-14)25-13-5-4-11(18)9-20-13/h3-5,7,9H,2,6,8H2,1H3,(H,19,23)(H,21,22). The third-order valence-electron chi connectivity index (χ3n) is 3.90. The molecule has 0 bridgehead atoms. The molecule has 2 aliphatic heterocycles. The molecule has 4 heterocycles. The van der Waals surface area contributed by atoms with E-state index in [-0.39, 0.29) is 0 Å². The molecule has 25 heavy (non-hydrogen) atoms. The number of rotatable bonds is 3. The fourth-order valence-electron chi connectivity index (χ4n) is 2.72. The van der Waals surface area contributed by atoms with Gasteiger partial charge in [-0.05, 0) is 24.8 Å². The molecule has 2 N–H and O–H groups in total. The van der Waals surface area contributed by atoms with Crippen molar-refractivity contribution >= 4 is 51.9 Å². The highest BCUT2D eigenvalue weighted by molar-refractivity contribution is 8.13. The molecular weight excluding hydrogens is 374 g/mol. The Bertz CT molecular complexity index is 976. The molecule has 0 amide bonds. The minimum atomic E-state index is 0.639. The normalized spacial score (nSPS) is 16.1. The quantitative estimate of drug-likeness (QED) is 0.847. The zero-order chi connectivity index (χ0) is 17.2. The molecule has 0 radical (unpaired) electrons. The summed E-state index contributed by atoms with van der Waals surface area (Å²) in [4.78, 5) is 18.2. The van der Waals surface area contributed by atoms with Crippen molar-refractivity contribution in [1.82, 2.24) is 15.3 Å². The largest absolute Gasteiger partial charge is 0.341 e. The van der Waals surface area contributed by atoms with Gasteiger partial charge in [0.15, 0.2) is 5.17 Å². The van der Waals surface area contributed by atoms with Gasteiger partial charge in [-0.3, -0.25) is 9.98 Å². The number of aromatic nitrogens is 2. The fourth-order valence-corrected chi connectivity index (χ4v) is 4.22. The third kappa shape index (κ3) is 3.49. The molecule has 0 aliphatic carbocycles. The van der Waals surface area contributed by atoms with E-state index in [4.69, 9.17) is 11.6 Å². The summed E-state index contributed by atoms with van der Waals surface area (Å²) >= 11 is 9.20. The van der Waals surface area contributed by atoms with E-state index in [2.05, 4.69) is 31.3 Å². The maximum absolute atomic E-state index is 5.96. The number of nitrogens with one attached hydrogen (secondary N) is 2. The van der Waals surface area contributed by atoms with E-state index in [1.807, 2.05) is 24.6 Å². The number of hydrogen-bond acceptors (Lipinski definition) is 6. The summed E-state index contributed by atoms with van der Waals surface area (Å²) in [5.74, 6) is 0.